The number of carboxylic acids is 1. The van der Waals surface area contributed by atoms with Gasteiger partial charge in [-0.3, -0.25) is 4.79 Å². The molecule has 140 valence electrons. The van der Waals surface area contributed by atoms with Crippen LogP contribution in [0.3, 0.4) is 0 Å². The molecule has 0 saturated heterocycles. The van der Waals surface area contributed by atoms with Crippen molar-refractivity contribution in [3.63, 3.8) is 0 Å². The lowest BCUT2D eigenvalue weighted by molar-refractivity contribution is -0.147. The molecule has 0 bridgehead atoms. The lowest BCUT2D eigenvalue weighted by atomic mass is 9.62. The molecular formula is C21H20O6. The molecule has 1 N–H and O–H groups in total. The van der Waals surface area contributed by atoms with Crippen LogP contribution in [-0.4, -0.2) is 31.3 Å². The van der Waals surface area contributed by atoms with Gasteiger partial charge >= 0.3 is 11.9 Å². The van der Waals surface area contributed by atoms with Crippen LogP contribution in [0.4, 0.5) is 0 Å². The van der Waals surface area contributed by atoms with Crippen molar-refractivity contribution in [3.05, 3.63) is 47.0 Å². The van der Waals surface area contributed by atoms with E-state index in [1.165, 1.54) is 14.2 Å². The molecule has 6 nitrogen and oxygen atoms in total. The maximum atomic E-state index is 12.3. The maximum Gasteiger partial charge on any atom is 0.338 e. The number of aliphatic carboxylic acids is 1. The number of cyclic esters (lactones) is 1. The van der Waals surface area contributed by atoms with Crippen molar-refractivity contribution < 1.29 is 28.9 Å². The van der Waals surface area contributed by atoms with Crippen molar-refractivity contribution in [3.8, 4) is 22.6 Å². The Morgan fingerprint density at radius 3 is 2.41 bits per heavy atom. The van der Waals surface area contributed by atoms with Gasteiger partial charge in [0.25, 0.3) is 0 Å². The first-order valence-corrected chi connectivity index (χ1v) is 8.81. The van der Waals surface area contributed by atoms with E-state index >= 15 is 0 Å². The number of esters is 1. The zero-order chi connectivity index (χ0) is 19.2. The first kappa shape index (κ1) is 17.4. The molecule has 4 rings (SSSR count). The van der Waals surface area contributed by atoms with E-state index in [9.17, 15) is 14.7 Å². The molecule has 0 unspecified atom stereocenters. The van der Waals surface area contributed by atoms with E-state index in [0.29, 0.717) is 35.5 Å². The minimum absolute atomic E-state index is 0.179. The third-order valence-electron chi connectivity index (χ3n) is 5.67. The Bertz CT molecular complexity index is 942. The van der Waals surface area contributed by atoms with Gasteiger partial charge in [-0.2, -0.15) is 0 Å². The normalized spacial score (nSPS) is 16.9. The summed E-state index contributed by atoms with van der Waals surface area (Å²) >= 11 is 0. The Morgan fingerprint density at radius 1 is 1.07 bits per heavy atom. The quantitative estimate of drug-likeness (QED) is 0.813. The first-order valence-electron chi connectivity index (χ1n) is 8.81. The highest BCUT2D eigenvalue weighted by molar-refractivity contribution is 5.97. The first-order chi connectivity index (χ1) is 13.0. The van der Waals surface area contributed by atoms with Crippen molar-refractivity contribution in [2.45, 2.75) is 31.3 Å². The fourth-order valence-corrected chi connectivity index (χ4v) is 4.13. The molecule has 2 aliphatic rings. The fourth-order valence-electron chi connectivity index (χ4n) is 4.13. The van der Waals surface area contributed by atoms with Gasteiger partial charge in [0.1, 0.15) is 6.61 Å². The lowest BCUT2D eigenvalue weighted by Crippen LogP contribution is -2.43. The number of rotatable bonds is 5. The van der Waals surface area contributed by atoms with Gasteiger partial charge in [-0.25, -0.2) is 4.79 Å². The molecular weight excluding hydrogens is 348 g/mol. The highest BCUT2D eigenvalue weighted by Crippen LogP contribution is 2.54. The number of carboxylic acid groups (broad SMARTS) is 1. The SMILES string of the molecule is COc1ccc(-c2cccc3c2COC3=O)c(C2(C(=O)O)CCC2)c1OC. The summed E-state index contributed by atoms with van der Waals surface area (Å²) < 4.78 is 16.2. The van der Waals surface area contributed by atoms with Crippen LogP contribution in [-0.2, 0) is 21.6 Å². The van der Waals surface area contributed by atoms with Gasteiger partial charge in [-0.1, -0.05) is 24.6 Å². The van der Waals surface area contributed by atoms with Gasteiger partial charge in [0.15, 0.2) is 11.5 Å². The van der Waals surface area contributed by atoms with Crippen LogP contribution in [0.2, 0.25) is 0 Å². The van der Waals surface area contributed by atoms with Crippen LogP contribution in [0.5, 0.6) is 11.5 Å². The minimum Gasteiger partial charge on any atom is -0.493 e. The summed E-state index contributed by atoms with van der Waals surface area (Å²) in [5.74, 6) is -0.310. The summed E-state index contributed by atoms with van der Waals surface area (Å²) in [5.41, 5.74) is 2.41. The molecule has 6 heteroatoms. The third-order valence-corrected chi connectivity index (χ3v) is 5.67. The summed E-state index contributed by atoms with van der Waals surface area (Å²) in [7, 11) is 3.05. The molecule has 2 aromatic carbocycles. The van der Waals surface area contributed by atoms with E-state index in [2.05, 4.69) is 0 Å². The average Bonchev–Trinajstić information content (AvgIpc) is 3.01. The molecule has 2 aromatic rings. The molecule has 0 radical (unpaired) electrons. The Hall–Kier alpha value is -3.02. The Morgan fingerprint density at radius 2 is 1.81 bits per heavy atom. The second-order valence-electron chi connectivity index (χ2n) is 6.87. The van der Waals surface area contributed by atoms with Gasteiger partial charge in [0.2, 0.25) is 0 Å². The van der Waals surface area contributed by atoms with Crippen molar-refractivity contribution in [2.75, 3.05) is 14.2 Å². The molecule has 0 spiro atoms. The molecule has 0 atom stereocenters. The second kappa shape index (κ2) is 6.30. The summed E-state index contributed by atoms with van der Waals surface area (Å²) in [6, 6.07) is 9.02. The van der Waals surface area contributed by atoms with E-state index in [4.69, 9.17) is 14.2 Å². The van der Waals surface area contributed by atoms with Gasteiger partial charge < -0.3 is 19.3 Å². The highest BCUT2D eigenvalue weighted by Gasteiger charge is 2.50. The minimum atomic E-state index is -1.03. The molecule has 1 heterocycles. The summed E-state index contributed by atoms with van der Waals surface area (Å²) in [4.78, 5) is 24.2. The predicted molar refractivity (Wildman–Crippen MR) is 97.3 cm³/mol. The molecule has 1 aliphatic carbocycles. The summed E-state index contributed by atoms with van der Waals surface area (Å²) in [6.45, 7) is 0.179. The Kier molecular flexibility index (Phi) is 4.06. The molecule has 0 amide bonds. The van der Waals surface area contributed by atoms with E-state index in [1.807, 2.05) is 12.1 Å². The van der Waals surface area contributed by atoms with E-state index < -0.39 is 11.4 Å². The van der Waals surface area contributed by atoms with Crippen LogP contribution in [0.1, 0.15) is 40.7 Å². The molecule has 1 fully saturated rings. The number of benzene rings is 2. The summed E-state index contributed by atoms with van der Waals surface area (Å²) in [6.07, 6.45) is 1.90. The van der Waals surface area contributed by atoms with Crippen molar-refractivity contribution in [2.24, 2.45) is 0 Å². The molecule has 1 aliphatic heterocycles. The van der Waals surface area contributed by atoms with Crippen LogP contribution >= 0.6 is 0 Å². The topological polar surface area (TPSA) is 82.1 Å². The lowest BCUT2D eigenvalue weighted by Gasteiger charge is -2.40. The van der Waals surface area contributed by atoms with Gasteiger partial charge in [0.05, 0.1) is 25.2 Å². The van der Waals surface area contributed by atoms with Gasteiger partial charge in [-0.15, -0.1) is 0 Å². The van der Waals surface area contributed by atoms with Crippen molar-refractivity contribution in [1.82, 2.24) is 0 Å². The average molecular weight is 368 g/mol. The van der Waals surface area contributed by atoms with E-state index in [-0.39, 0.29) is 12.6 Å². The second-order valence-corrected chi connectivity index (χ2v) is 6.87. The Balaban J connectivity index is 2.03. The van der Waals surface area contributed by atoms with Gasteiger partial charge in [-0.05, 0) is 36.1 Å². The number of methoxy groups -OCH3 is 2. The van der Waals surface area contributed by atoms with Crippen LogP contribution in [0.15, 0.2) is 30.3 Å². The number of ether oxygens (including phenoxy) is 3. The molecule has 27 heavy (non-hydrogen) atoms. The van der Waals surface area contributed by atoms with E-state index in [0.717, 1.165) is 23.1 Å². The Labute approximate surface area is 156 Å². The van der Waals surface area contributed by atoms with Crippen molar-refractivity contribution >= 4 is 11.9 Å². The fraction of sp³-hybridized carbons (Fsp3) is 0.333. The number of carbonyl (C=O) groups excluding carboxylic acids is 1. The van der Waals surface area contributed by atoms with Crippen LogP contribution in [0.25, 0.3) is 11.1 Å². The number of fused-ring (bicyclic) bond motifs is 1. The van der Waals surface area contributed by atoms with Crippen LogP contribution in [0, 0.1) is 0 Å². The standard InChI is InChI=1S/C21H20O6/c1-25-16-8-7-13(12-5-3-6-14-15(12)11-27-19(14)22)17(18(16)26-2)21(20(23)24)9-4-10-21/h3,5-8H,4,9-11H2,1-2H3,(H,23,24). The number of hydrogen-bond donors (Lipinski definition) is 1. The largest absolute Gasteiger partial charge is 0.493 e. The zero-order valence-corrected chi connectivity index (χ0v) is 15.2. The van der Waals surface area contributed by atoms with E-state index in [1.54, 1.807) is 18.2 Å². The van der Waals surface area contributed by atoms with Gasteiger partial charge in [0, 0.05) is 11.1 Å². The van der Waals surface area contributed by atoms with Crippen molar-refractivity contribution in [1.29, 1.82) is 0 Å². The zero-order valence-electron chi connectivity index (χ0n) is 15.2. The number of hydrogen-bond acceptors (Lipinski definition) is 5. The number of carbonyl (C=O) groups is 2. The smallest absolute Gasteiger partial charge is 0.338 e. The highest BCUT2D eigenvalue weighted by atomic mass is 16.5. The predicted octanol–water partition coefficient (Wildman–Crippen LogP) is 3.55. The third kappa shape index (κ3) is 2.40. The van der Waals surface area contributed by atoms with Crippen LogP contribution < -0.4 is 9.47 Å². The maximum absolute atomic E-state index is 12.3. The summed E-state index contributed by atoms with van der Waals surface area (Å²) in [5, 5.41) is 10.1. The monoisotopic (exact) mass is 368 g/mol. The molecule has 0 aromatic heterocycles. The molecule has 1 saturated carbocycles.